The maximum Gasteiger partial charge on any atom is 2.00 e. The van der Waals surface area contributed by atoms with Crippen LogP contribution in [0.5, 0.6) is 0 Å². The minimum Gasteiger partial charge on any atom is -0.541 e. The van der Waals surface area contributed by atoms with Crippen LogP contribution in [-0.4, -0.2) is 6.29 Å². The molecule has 0 fully saturated rings. The third kappa shape index (κ3) is 9.44. The smallest absolute Gasteiger partial charge is 0.541 e. The minimum absolute atomic E-state index is 0. The Morgan fingerprint density at radius 1 is 1.77 bits per heavy atom. The van der Waals surface area contributed by atoms with Crippen LogP contribution in [0, 0.1) is 6.08 Å². The first-order chi connectivity index (χ1) is 5.85. The molecule has 0 saturated carbocycles. The molecule has 0 spiro atoms. The van der Waals surface area contributed by atoms with E-state index >= 15 is 0 Å². The molecule has 1 aliphatic carbocycles. The Morgan fingerprint density at radius 3 is 2.62 bits per heavy atom. The Balaban J connectivity index is 0. The third-order valence-electron chi connectivity index (χ3n) is 1.37. The third-order valence-corrected chi connectivity index (χ3v) is 1.37. The molecule has 13 heavy (non-hydrogen) atoms. The molecule has 2 heteroatoms. The van der Waals surface area contributed by atoms with Gasteiger partial charge in [-0.15, -0.1) is 25.5 Å². The Labute approximate surface area is 93.7 Å². The molecular formula is C11H14OOs. The standard InChI is InChI=1S/C7H9.C4H5O.Os/c1-2-7-5-3-4-6-7;1-2-3-4-5;/h3,5H,2,4H2,1H3;2H,1,3H2;/q2*-1;+2. The molecule has 0 aromatic heterocycles. The second-order valence-corrected chi connectivity index (χ2v) is 2.30. The van der Waals surface area contributed by atoms with Crippen molar-refractivity contribution in [3.8, 4) is 0 Å². The molecule has 0 N–H and O–H groups in total. The van der Waals surface area contributed by atoms with Gasteiger partial charge in [0.15, 0.2) is 0 Å². The predicted molar refractivity (Wildman–Crippen MR) is 51.3 cm³/mol. The van der Waals surface area contributed by atoms with E-state index in [0.717, 1.165) is 12.8 Å². The van der Waals surface area contributed by atoms with E-state index in [1.807, 2.05) is 0 Å². The average molecular weight is 352 g/mol. The van der Waals surface area contributed by atoms with Gasteiger partial charge in [0.25, 0.3) is 0 Å². The zero-order valence-corrected chi connectivity index (χ0v) is 10.4. The zero-order chi connectivity index (χ0) is 9.23. The molecule has 0 unspecified atom stereocenters. The van der Waals surface area contributed by atoms with Crippen molar-refractivity contribution in [1.29, 1.82) is 0 Å². The summed E-state index contributed by atoms with van der Waals surface area (Å²) in [6.45, 7) is 5.44. The van der Waals surface area contributed by atoms with Crippen LogP contribution < -0.4 is 0 Å². The summed E-state index contributed by atoms with van der Waals surface area (Å²) in [5.41, 5.74) is 1.36. The van der Waals surface area contributed by atoms with E-state index in [9.17, 15) is 4.79 Å². The maximum absolute atomic E-state index is 9.21. The zero-order valence-electron chi connectivity index (χ0n) is 7.82. The summed E-state index contributed by atoms with van der Waals surface area (Å²) in [5, 5.41) is 0. The largest absolute Gasteiger partial charge is 2.00 e. The van der Waals surface area contributed by atoms with Crippen molar-refractivity contribution >= 4 is 6.29 Å². The first kappa shape index (κ1) is 15.0. The van der Waals surface area contributed by atoms with Gasteiger partial charge in [0.1, 0.15) is 0 Å². The van der Waals surface area contributed by atoms with Crippen LogP contribution in [0.25, 0.3) is 0 Å². The van der Waals surface area contributed by atoms with Crippen LogP contribution in [0.4, 0.5) is 0 Å². The Bertz CT molecular complexity index is 186. The van der Waals surface area contributed by atoms with Gasteiger partial charge in [-0.1, -0.05) is 13.3 Å². The summed E-state index contributed by atoms with van der Waals surface area (Å²) >= 11 is 0. The average Bonchev–Trinajstić information content (AvgIpc) is 2.58. The van der Waals surface area contributed by atoms with Crippen LogP contribution in [0.3, 0.4) is 0 Å². The van der Waals surface area contributed by atoms with Crippen LogP contribution >= 0.6 is 0 Å². The van der Waals surface area contributed by atoms with E-state index < -0.39 is 0 Å². The maximum atomic E-state index is 9.21. The first-order valence-electron chi connectivity index (χ1n) is 4.07. The Kier molecular flexibility index (Phi) is 13.3. The molecule has 0 aromatic carbocycles. The van der Waals surface area contributed by atoms with Crippen molar-refractivity contribution < 1.29 is 24.6 Å². The molecule has 0 aliphatic heterocycles. The monoisotopic (exact) mass is 354 g/mol. The van der Waals surface area contributed by atoms with E-state index in [0.29, 0.717) is 6.42 Å². The molecule has 1 rings (SSSR count). The van der Waals surface area contributed by atoms with Gasteiger partial charge >= 0.3 is 19.8 Å². The summed E-state index contributed by atoms with van der Waals surface area (Å²) in [6, 6.07) is 0. The molecule has 0 amide bonds. The molecule has 72 valence electrons. The van der Waals surface area contributed by atoms with E-state index in [1.165, 1.54) is 11.6 Å². The van der Waals surface area contributed by atoms with Crippen LogP contribution in [0.15, 0.2) is 30.4 Å². The summed E-state index contributed by atoms with van der Waals surface area (Å²) in [4.78, 5) is 9.21. The molecule has 0 atom stereocenters. The molecule has 0 saturated heterocycles. The van der Waals surface area contributed by atoms with E-state index in [4.69, 9.17) is 0 Å². The fraction of sp³-hybridized carbons (Fsp3) is 0.364. The number of hydrogen-bond donors (Lipinski definition) is 0. The summed E-state index contributed by atoms with van der Waals surface area (Å²) < 4.78 is 0. The van der Waals surface area contributed by atoms with Crippen LogP contribution in [-0.2, 0) is 24.6 Å². The molecule has 0 heterocycles. The fourth-order valence-corrected chi connectivity index (χ4v) is 0.752. The predicted octanol–water partition coefficient (Wildman–Crippen LogP) is 2.76. The van der Waals surface area contributed by atoms with Crippen molar-refractivity contribution in [2.45, 2.75) is 26.2 Å². The van der Waals surface area contributed by atoms with Gasteiger partial charge in [-0.05, 0) is 0 Å². The van der Waals surface area contributed by atoms with Gasteiger partial charge in [0, 0.05) is 0 Å². The van der Waals surface area contributed by atoms with Crippen molar-refractivity contribution in [2.24, 2.45) is 0 Å². The van der Waals surface area contributed by atoms with Crippen LogP contribution in [0.1, 0.15) is 26.2 Å². The van der Waals surface area contributed by atoms with Gasteiger partial charge in [0.05, 0.1) is 0 Å². The normalized spacial score (nSPS) is 11.9. The quantitative estimate of drug-likeness (QED) is 0.564. The van der Waals surface area contributed by atoms with Gasteiger partial charge < -0.3 is 4.79 Å². The van der Waals surface area contributed by atoms with Gasteiger partial charge in [-0.2, -0.15) is 6.08 Å². The topological polar surface area (TPSA) is 17.1 Å². The van der Waals surface area contributed by atoms with Crippen molar-refractivity contribution in [1.82, 2.24) is 0 Å². The first-order valence-corrected chi connectivity index (χ1v) is 4.07. The fourth-order valence-electron chi connectivity index (χ4n) is 0.752. The minimum atomic E-state index is 0. The number of rotatable bonds is 3. The molecule has 0 aromatic rings. The second kappa shape index (κ2) is 11.5. The van der Waals surface area contributed by atoms with Crippen molar-refractivity contribution in [3.05, 3.63) is 36.5 Å². The second-order valence-electron chi connectivity index (χ2n) is 2.30. The van der Waals surface area contributed by atoms with Gasteiger partial charge in [-0.25, -0.2) is 11.6 Å². The van der Waals surface area contributed by atoms with E-state index in [-0.39, 0.29) is 19.8 Å². The molecule has 0 radical (unpaired) electrons. The molecule has 0 bridgehead atoms. The van der Waals surface area contributed by atoms with Crippen LogP contribution in [0.2, 0.25) is 0 Å². The number of allylic oxidation sites excluding steroid dienone is 5. The summed E-state index contributed by atoms with van der Waals surface area (Å²) in [5.74, 6) is 0. The van der Waals surface area contributed by atoms with Gasteiger partial charge in [-0.3, -0.25) is 12.4 Å². The molecular weight excluding hydrogens is 338 g/mol. The summed E-state index contributed by atoms with van der Waals surface area (Å²) in [7, 11) is 0. The number of carbonyl (C=O) groups excluding carboxylic acids is 1. The van der Waals surface area contributed by atoms with E-state index in [2.05, 4.69) is 31.7 Å². The number of hydrogen-bond acceptors (Lipinski definition) is 1. The van der Waals surface area contributed by atoms with Crippen molar-refractivity contribution in [2.75, 3.05) is 0 Å². The van der Waals surface area contributed by atoms with Gasteiger partial charge in [0.2, 0.25) is 0 Å². The molecule has 1 nitrogen and oxygen atoms in total. The Morgan fingerprint density at radius 2 is 2.46 bits per heavy atom. The van der Waals surface area contributed by atoms with Crippen molar-refractivity contribution in [3.63, 3.8) is 0 Å². The molecule has 1 aliphatic rings. The SMILES string of the molecule is C=CC[C-]=O.CCC1=[C-]CC=C1.[Os+2]. The van der Waals surface area contributed by atoms with E-state index in [1.54, 1.807) is 6.29 Å². The summed E-state index contributed by atoms with van der Waals surface area (Å²) in [6.07, 6.45) is 13.2. The Hall–Kier alpha value is -0.474.